The fourth-order valence-electron chi connectivity index (χ4n) is 2.02. The Morgan fingerprint density at radius 1 is 1.33 bits per heavy atom. The molecule has 7 heteroatoms. The lowest BCUT2D eigenvalue weighted by atomic mass is 10.2. The minimum atomic E-state index is 0.770. The predicted molar refractivity (Wildman–Crippen MR) is 79.7 cm³/mol. The highest BCUT2D eigenvalue weighted by molar-refractivity contribution is 7.98. The normalized spacial score (nSPS) is 11.0. The van der Waals surface area contributed by atoms with Crippen molar-refractivity contribution in [3.05, 3.63) is 42.0 Å². The molecular formula is C14H15N5OS. The van der Waals surface area contributed by atoms with Crippen molar-refractivity contribution < 1.29 is 4.52 Å². The summed E-state index contributed by atoms with van der Waals surface area (Å²) in [5.74, 6) is 1.58. The van der Waals surface area contributed by atoms with E-state index in [9.17, 15) is 0 Å². The van der Waals surface area contributed by atoms with Gasteiger partial charge < -0.3 is 9.09 Å². The molecule has 3 heterocycles. The smallest absolute Gasteiger partial charge is 0.191 e. The lowest BCUT2D eigenvalue weighted by Crippen LogP contribution is -1.95. The maximum atomic E-state index is 5.02. The van der Waals surface area contributed by atoms with Gasteiger partial charge in [-0.1, -0.05) is 23.8 Å². The first kappa shape index (κ1) is 13.8. The van der Waals surface area contributed by atoms with Crippen molar-refractivity contribution in [3.8, 4) is 11.4 Å². The molecule has 21 heavy (non-hydrogen) atoms. The van der Waals surface area contributed by atoms with Gasteiger partial charge in [0.25, 0.3) is 0 Å². The van der Waals surface area contributed by atoms with Crippen LogP contribution in [0.5, 0.6) is 0 Å². The summed E-state index contributed by atoms with van der Waals surface area (Å²) >= 11 is 1.62. The Morgan fingerprint density at radius 3 is 3.00 bits per heavy atom. The fraction of sp³-hybridized carbons (Fsp3) is 0.286. The van der Waals surface area contributed by atoms with Crippen LogP contribution in [0.15, 0.2) is 40.5 Å². The number of aryl methyl sites for hydroxylation is 1. The van der Waals surface area contributed by atoms with E-state index in [0.29, 0.717) is 0 Å². The molecule has 6 nitrogen and oxygen atoms in total. The Balaban J connectivity index is 1.77. The quantitative estimate of drug-likeness (QED) is 0.675. The third-order valence-corrected chi connectivity index (χ3v) is 4.24. The second-order valence-corrected chi connectivity index (χ2v) is 5.48. The molecule has 3 aromatic rings. The van der Waals surface area contributed by atoms with Gasteiger partial charge >= 0.3 is 0 Å². The summed E-state index contributed by atoms with van der Waals surface area (Å²) in [6.45, 7) is 2.06. The number of thioether (sulfide) groups is 1. The lowest BCUT2D eigenvalue weighted by Gasteiger charge is -2.03. The molecule has 0 N–H and O–H groups in total. The van der Waals surface area contributed by atoms with E-state index in [2.05, 4.69) is 27.3 Å². The molecule has 0 aliphatic heterocycles. The molecule has 0 unspecified atom stereocenters. The molecule has 0 aromatic carbocycles. The SMILES string of the molecule is CCc1nocc1CSc1nnc(-c2cccnc2)n1C. The summed E-state index contributed by atoms with van der Waals surface area (Å²) in [7, 11) is 1.96. The highest BCUT2D eigenvalue weighted by Crippen LogP contribution is 2.25. The summed E-state index contributed by atoms with van der Waals surface area (Å²) < 4.78 is 6.99. The molecule has 0 bridgehead atoms. The van der Waals surface area contributed by atoms with Gasteiger partial charge in [-0.3, -0.25) is 4.98 Å². The average molecular weight is 301 g/mol. The van der Waals surface area contributed by atoms with Crippen molar-refractivity contribution in [1.82, 2.24) is 24.9 Å². The van der Waals surface area contributed by atoms with Crippen molar-refractivity contribution in [1.29, 1.82) is 0 Å². The molecule has 0 spiro atoms. The van der Waals surface area contributed by atoms with E-state index in [1.54, 1.807) is 30.4 Å². The molecule has 0 aliphatic rings. The second kappa shape index (κ2) is 6.09. The van der Waals surface area contributed by atoms with Crippen LogP contribution in [0.25, 0.3) is 11.4 Å². The van der Waals surface area contributed by atoms with Crippen LogP contribution in [0.1, 0.15) is 18.2 Å². The number of hydrogen-bond donors (Lipinski definition) is 0. The number of aromatic nitrogens is 5. The van der Waals surface area contributed by atoms with E-state index in [-0.39, 0.29) is 0 Å². The zero-order valence-corrected chi connectivity index (χ0v) is 12.7. The molecule has 0 fully saturated rings. The maximum absolute atomic E-state index is 5.02. The topological polar surface area (TPSA) is 69.6 Å². The van der Waals surface area contributed by atoms with E-state index >= 15 is 0 Å². The Hall–Kier alpha value is -2.15. The molecule has 0 saturated heterocycles. The highest BCUT2D eigenvalue weighted by Gasteiger charge is 2.13. The van der Waals surface area contributed by atoms with E-state index in [0.717, 1.165) is 40.0 Å². The summed E-state index contributed by atoms with van der Waals surface area (Å²) in [5.41, 5.74) is 3.06. The van der Waals surface area contributed by atoms with E-state index in [1.807, 2.05) is 23.7 Å². The van der Waals surface area contributed by atoms with Gasteiger partial charge in [0, 0.05) is 36.3 Å². The predicted octanol–water partition coefficient (Wildman–Crippen LogP) is 2.72. The Morgan fingerprint density at radius 2 is 2.24 bits per heavy atom. The highest BCUT2D eigenvalue weighted by atomic mass is 32.2. The van der Waals surface area contributed by atoms with Crippen molar-refractivity contribution in [3.63, 3.8) is 0 Å². The molecule has 0 radical (unpaired) electrons. The van der Waals surface area contributed by atoms with Gasteiger partial charge in [-0.05, 0) is 18.6 Å². The van der Waals surface area contributed by atoms with Crippen LogP contribution in [0.4, 0.5) is 0 Å². The standard InChI is InChI=1S/C14H15N5OS/c1-3-12-11(8-20-18-12)9-21-14-17-16-13(19(14)2)10-5-4-6-15-7-10/h4-8H,3,9H2,1-2H3. The van der Waals surface area contributed by atoms with Gasteiger partial charge in [0.1, 0.15) is 6.26 Å². The molecular weight excluding hydrogens is 286 g/mol. The van der Waals surface area contributed by atoms with Crippen molar-refractivity contribution >= 4 is 11.8 Å². The monoisotopic (exact) mass is 301 g/mol. The molecule has 0 saturated carbocycles. The minimum Gasteiger partial charge on any atom is -0.364 e. The molecule has 3 aromatic heterocycles. The average Bonchev–Trinajstić information content (AvgIpc) is 3.12. The Kier molecular flexibility index (Phi) is 4.01. The molecule has 0 amide bonds. The Bertz CT molecular complexity index is 722. The van der Waals surface area contributed by atoms with Crippen LogP contribution in [-0.2, 0) is 19.2 Å². The molecule has 3 rings (SSSR count). The largest absolute Gasteiger partial charge is 0.364 e. The van der Waals surface area contributed by atoms with Crippen molar-refractivity contribution in [2.75, 3.05) is 0 Å². The van der Waals surface area contributed by atoms with Gasteiger partial charge in [-0.2, -0.15) is 0 Å². The fourth-order valence-corrected chi connectivity index (χ4v) is 2.92. The molecule has 108 valence electrons. The lowest BCUT2D eigenvalue weighted by molar-refractivity contribution is 0.412. The maximum Gasteiger partial charge on any atom is 0.191 e. The third kappa shape index (κ3) is 2.82. The van der Waals surface area contributed by atoms with Gasteiger partial charge in [-0.15, -0.1) is 10.2 Å². The van der Waals surface area contributed by atoms with Gasteiger partial charge in [0.15, 0.2) is 11.0 Å². The first-order valence-electron chi connectivity index (χ1n) is 6.64. The van der Waals surface area contributed by atoms with Gasteiger partial charge in [-0.25, -0.2) is 0 Å². The first-order chi connectivity index (χ1) is 10.3. The first-order valence-corrected chi connectivity index (χ1v) is 7.63. The zero-order chi connectivity index (χ0) is 14.7. The van der Waals surface area contributed by atoms with E-state index < -0.39 is 0 Å². The van der Waals surface area contributed by atoms with Crippen molar-refractivity contribution in [2.24, 2.45) is 7.05 Å². The van der Waals surface area contributed by atoms with Gasteiger partial charge in [0.05, 0.1) is 5.69 Å². The summed E-state index contributed by atoms with van der Waals surface area (Å²) in [4.78, 5) is 4.11. The summed E-state index contributed by atoms with van der Waals surface area (Å²) in [6, 6.07) is 3.86. The summed E-state index contributed by atoms with van der Waals surface area (Å²) in [5, 5.41) is 13.3. The van der Waals surface area contributed by atoms with Crippen LogP contribution in [0.2, 0.25) is 0 Å². The zero-order valence-electron chi connectivity index (χ0n) is 11.9. The molecule has 0 atom stereocenters. The third-order valence-electron chi connectivity index (χ3n) is 3.17. The number of hydrogen-bond acceptors (Lipinski definition) is 6. The number of nitrogens with zero attached hydrogens (tertiary/aromatic N) is 5. The number of rotatable bonds is 5. The van der Waals surface area contributed by atoms with Crippen LogP contribution in [0, 0.1) is 0 Å². The van der Waals surface area contributed by atoms with Crippen molar-refractivity contribution in [2.45, 2.75) is 24.3 Å². The van der Waals surface area contributed by atoms with Crippen LogP contribution in [-0.4, -0.2) is 24.9 Å². The van der Waals surface area contributed by atoms with Crippen LogP contribution >= 0.6 is 11.8 Å². The van der Waals surface area contributed by atoms with E-state index in [4.69, 9.17) is 4.52 Å². The van der Waals surface area contributed by atoms with Crippen LogP contribution in [0.3, 0.4) is 0 Å². The Labute approximate surface area is 126 Å². The minimum absolute atomic E-state index is 0.770. The summed E-state index contributed by atoms with van der Waals surface area (Å²) in [6.07, 6.45) is 6.09. The second-order valence-electron chi connectivity index (χ2n) is 4.54. The van der Waals surface area contributed by atoms with Crippen LogP contribution < -0.4 is 0 Å². The molecule has 0 aliphatic carbocycles. The number of pyridine rings is 1. The van der Waals surface area contributed by atoms with E-state index in [1.165, 1.54) is 0 Å². The van der Waals surface area contributed by atoms with Gasteiger partial charge in [0.2, 0.25) is 0 Å².